The number of anilines is 1. The molecule has 2 aromatic carbocycles. The number of benzene rings is 2. The van der Waals surface area contributed by atoms with Crippen LogP contribution in [0, 0.1) is 11.8 Å². The second-order valence-electron chi connectivity index (χ2n) is 8.06. The van der Waals surface area contributed by atoms with Gasteiger partial charge in [-0.1, -0.05) is 42.2 Å². The molecule has 0 fully saturated rings. The van der Waals surface area contributed by atoms with E-state index in [9.17, 15) is 14.4 Å². The van der Waals surface area contributed by atoms with E-state index < -0.39 is 23.8 Å². The number of nitrogens with zero attached hydrogens (tertiary/aromatic N) is 3. The van der Waals surface area contributed by atoms with Crippen molar-refractivity contribution in [2.24, 2.45) is 7.05 Å². The van der Waals surface area contributed by atoms with Crippen molar-refractivity contribution in [3.63, 3.8) is 0 Å². The number of hydrogen-bond acceptors (Lipinski definition) is 5. The van der Waals surface area contributed by atoms with Crippen LogP contribution in [0.15, 0.2) is 60.9 Å². The van der Waals surface area contributed by atoms with E-state index in [0.29, 0.717) is 30.0 Å². The van der Waals surface area contributed by atoms with Crippen molar-refractivity contribution in [3.8, 4) is 17.6 Å². The summed E-state index contributed by atoms with van der Waals surface area (Å²) in [6.07, 6.45) is 4.07. The summed E-state index contributed by atoms with van der Waals surface area (Å²) in [7, 11) is 3.41. The quantitative estimate of drug-likeness (QED) is 0.437. The van der Waals surface area contributed by atoms with Gasteiger partial charge in [0.2, 0.25) is 0 Å². The van der Waals surface area contributed by atoms with Crippen LogP contribution < -0.4 is 20.3 Å². The molecule has 2 N–H and O–H groups in total. The van der Waals surface area contributed by atoms with Crippen molar-refractivity contribution < 1.29 is 19.1 Å². The van der Waals surface area contributed by atoms with E-state index in [1.165, 1.54) is 4.90 Å². The lowest BCUT2D eigenvalue weighted by Crippen LogP contribution is -2.53. The number of aryl methyl sites for hydroxylation is 1. The SMILES string of the molecule is CN1C(=O)[C@@H](NC(=O)C(=O)NCCc2ccccc2)COc2ccc(C#Cc3cnn(C)c3)cc21. The molecule has 1 atom stereocenters. The van der Waals surface area contributed by atoms with Gasteiger partial charge in [-0.25, -0.2) is 0 Å². The standard InChI is InChI=1S/C26H25N5O4/c1-30-16-20(15-28-30)9-8-19-10-11-23-22(14-19)31(2)26(34)21(17-35-23)29-25(33)24(32)27-13-12-18-6-4-3-5-7-18/h3-7,10-11,14-16,21H,12-13,17H2,1-2H3,(H,27,32)(H,29,33)/t21-/m0/s1. The normalized spacial score (nSPS) is 14.6. The lowest BCUT2D eigenvalue weighted by Gasteiger charge is -2.20. The van der Waals surface area contributed by atoms with Gasteiger partial charge in [0, 0.05) is 32.4 Å². The average Bonchev–Trinajstić information content (AvgIpc) is 3.25. The molecule has 3 amide bonds. The highest BCUT2D eigenvalue weighted by Crippen LogP contribution is 2.31. The molecule has 178 valence electrons. The molecule has 0 saturated heterocycles. The summed E-state index contributed by atoms with van der Waals surface area (Å²) in [4.78, 5) is 39.0. The number of rotatable bonds is 4. The van der Waals surface area contributed by atoms with Gasteiger partial charge in [-0.05, 0) is 30.2 Å². The van der Waals surface area contributed by atoms with E-state index in [1.54, 1.807) is 42.3 Å². The number of fused-ring (bicyclic) bond motifs is 1. The smallest absolute Gasteiger partial charge is 0.310 e. The van der Waals surface area contributed by atoms with Crippen molar-refractivity contribution >= 4 is 23.4 Å². The third-order valence-corrected chi connectivity index (χ3v) is 5.46. The Kier molecular flexibility index (Phi) is 7.12. The van der Waals surface area contributed by atoms with Gasteiger partial charge >= 0.3 is 11.8 Å². The monoisotopic (exact) mass is 471 g/mol. The third-order valence-electron chi connectivity index (χ3n) is 5.46. The molecule has 4 rings (SSSR count). The largest absolute Gasteiger partial charge is 0.489 e. The Bertz CT molecular complexity index is 1310. The molecule has 35 heavy (non-hydrogen) atoms. The Labute approximate surface area is 203 Å². The first-order valence-electron chi connectivity index (χ1n) is 11.1. The minimum atomic E-state index is -1.01. The van der Waals surface area contributed by atoms with Crippen LogP contribution in [-0.2, 0) is 27.9 Å². The fourth-order valence-electron chi connectivity index (χ4n) is 3.58. The van der Waals surface area contributed by atoms with Gasteiger partial charge in [0.05, 0.1) is 17.4 Å². The fourth-order valence-corrected chi connectivity index (χ4v) is 3.58. The summed E-state index contributed by atoms with van der Waals surface area (Å²) >= 11 is 0. The Morgan fingerprint density at radius 1 is 1.09 bits per heavy atom. The van der Waals surface area contributed by atoms with Gasteiger partial charge in [0.15, 0.2) is 0 Å². The summed E-state index contributed by atoms with van der Waals surface area (Å²) in [5.74, 6) is 4.48. The number of aromatic nitrogens is 2. The lowest BCUT2D eigenvalue weighted by atomic mass is 10.1. The molecule has 1 aliphatic heterocycles. The zero-order valence-electron chi connectivity index (χ0n) is 19.4. The lowest BCUT2D eigenvalue weighted by molar-refractivity contribution is -0.140. The summed E-state index contributed by atoms with van der Waals surface area (Å²) in [5.41, 5.74) is 3.03. The molecule has 2 heterocycles. The van der Waals surface area contributed by atoms with E-state index in [4.69, 9.17) is 4.74 Å². The molecule has 0 spiro atoms. The zero-order valence-corrected chi connectivity index (χ0v) is 19.4. The van der Waals surface area contributed by atoms with Crippen molar-refractivity contribution in [1.29, 1.82) is 0 Å². The first kappa shape index (κ1) is 23.6. The van der Waals surface area contributed by atoms with Crippen molar-refractivity contribution in [2.75, 3.05) is 25.1 Å². The van der Waals surface area contributed by atoms with Crippen molar-refractivity contribution in [1.82, 2.24) is 20.4 Å². The van der Waals surface area contributed by atoms with Crippen LogP contribution in [0.2, 0.25) is 0 Å². The van der Waals surface area contributed by atoms with Crippen LogP contribution in [0.5, 0.6) is 5.75 Å². The minimum absolute atomic E-state index is 0.0973. The zero-order chi connectivity index (χ0) is 24.8. The number of likely N-dealkylation sites (N-methyl/N-ethyl adjacent to an activating group) is 1. The Morgan fingerprint density at radius 3 is 2.60 bits per heavy atom. The number of hydrogen-bond donors (Lipinski definition) is 2. The van der Waals surface area contributed by atoms with Crippen LogP contribution in [0.1, 0.15) is 16.7 Å². The minimum Gasteiger partial charge on any atom is -0.489 e. The van der Waals surface area contributed by atoms with Gasteiger partial charge in [-0.3, -0.25) is 19.1 Å². The maximum atomic E-state index is 13.0. The molecule has 3 aromatic rings. The topological polar surface area (TPSA) is 106 Å². The number of carbonyl (C=O) groups excluding carboxylic acids is 3. The Hall–Kier alpha value is -4.58. The summed E-state index contributed by atoms with van der Waals surface area (Å²) < 4.78 is 7.44. The number of carbonyl (C=O) groups is 3. The second-order valence-corrected chi connectivity index (χ2v) is 8.06. The number of amides is 3. The van der Waals surface area contributed by atoms with Crippen LogP contribution >= 0.6 is 0 Å². The number of nitrogens with one attached hydrogen (secondary N) is 2. The van der Waals surface area contributed by atoms with Crippen LogP contribution in [-0.4, -0.2) is 53.7 Å². The Balaban J connectivity index is 1.37. The third kappa shape index (κ3) is 5.86. The molecule has 9 nitrogen and oxygen atoms in total. The van der Waals surface area contributed by atoms with Crippen molar-refractivity contribution in [3.05, 3.63) is 77.6 Å². The van der Waals surface area contributed by atoms with Crippen molar-refractivity contribution in [2.45, 2.75) is 12.5 Å². The van der Waals surface area contributed by atoms with E-state index in [1.807, 2.05) is 37.4 Å². The summed E-state index contributed by atoms with van der Waals surface area (Å²) in [5, 5.41) is 9.15. The van der Waals surface area contributed by atoms with E-state index in [-0.39, 0.29) is 6.61 Å². The van der Waals surface area contributed by atoms with Crippen LogP contribution in [0.3, 0.4) is 0 Å². The summed E-state index contributed by atoms with van der Waals surface area (Å²) in [6.45, 7) is 0.208. The van der Waals surface area contributed by atoms with Gasteiger partial charge in [-0.2, -0.15) is 5.10 Å². The molecule has 0 bridgehead atoms. The highest BCUT2D eigenvalue weighted by atomic mass is 16.5. The molecule has 0 aliphatic carbocycles. The van der Waals surface area contributed by atoms with E-state index in [0.717, 1.165) is 11.1 Å². The molecular formula is C26H25N5O4. The Morgan fingerprint density at radius 2 is 1.86 bits per heavy atom. The first-order valence-corrected chi connectivity index (χ1v) is 11.1. The van der Waals surface area contributed by atoms with Gasteiger partial charge in [0.25, 0.3) is 5.91 Å². The molecule has 0 radical (unpaired) electrons. The second kappa shape index (κ2) is 10.6. The average molecular weight is 472 g/mol. The highest BCUT2D eigenvalue weighted by molar-refractivity contribution is 6.35. The van der Waals surface area contributed by atoms with Gasteiger partial charge in [0.1, 0.15) is 18.4 Å². The van der Waals surface area contributed by atoms with E-state index >= 15 is 0 Å². The fraction of sp³-hybridized carbons (Fsp3) is 0.231. The van der Waals surface area contributed by atoms with Gasteiger partial charge in [-0.15, -0.1) is 0 Å². The number of ether oxygens (including phenoxy) is 1. The summed E-state index contributed by atoms with van der Waals surface area (Å²) in [6, 6.07) is 13.9. The predicted molar refractivity (Wildman–Crippen MR) is 130 cm³/mol. The molecular weight excluding hydrogens is 446 g/mol. The van der Waals surface area contributed by atoms with Crippen LogP contribution in [0.25, 0.3) is 0 Å². The maximum absolute atomic E-state index is 13.0. The van der Waals surface area contributed by atoms with Crippen LogP contribution in [0.4, 0.5) is 5.69 Å². The molecule has 1 aromatic heterocycles. The van der Waals surface area contributed by atoms with E-state index in [2.05, 4.69) is 27.6 Å². The van der Waals surface area contributed by atoms with Gasteiger partial charge < -0.3 is 20.3 Å². The molecule has 9 heteroatoms. The predicted octanol–water partition coefficient (Wildman–Crippen LogP) is 1.02. The highest BCUT2D eigenvalue weighted by Gasteiger charge is 2.32. The molecule has 0 saturated carbocycles. The maximum Gasteiger partial charge on any atom is 0.310 e. The molecule has 1 aliphatic rings. The molecule has 0 unspecified atom stereocenters. The first-order chi connectivity index (χ1) is 16.9.